The Hall–Kier alpha value is -9.20. The Morgan fingerprint density at radius 1 is 0.500 bits per heavy atom. The molecule has 14 rings (SSSR count). The number of hydrogen-bond acceptors (Lipinski definition) is 3. The van der Waals surface area contributed by atoms with Crippen LogP contribution in [0.25, 0.3) is 116 Å². The second-order valence-electron chi connectivity index (χ2n) is 17.1. The zero-order valence-corrected chi connectivity index (χ0v) is 36.3. The van der Waals surface area contributed by atoms with Crippen LogP contribution in [-0.4, -0.2) is 18.7 Å². The minimum Gasteiger partial charge on any atom is -0.458 e. The predicted octanol–water partition coefficient (Wildman–Crippen LogP) is 14.9. The molecule has 0 atom stereocenters. The maximum atomic E-state index is 9.10. The number of ether oxygens (including phenoxy) is 1. The van der Waals surface area contributed by atoms with Gasteiger partial charge >= 0.3 is 0 Å². The molecule has 14 aromatic rings. The van der Waals surface area contributed by atoms with E-state index in [4.69, 9.17) is 13.3 Å². The summed E-state index contributed by atoms with van der Waals surface area (Å²) in [6.45, 7) is -2.62. The molecule has 0 aliphatic rings. The second kappa shape index (κ2) is 14.9. The van der Waals surface area contributed by atoms with Crippen molar-refractivity contribution in [1.82, 2.24) is 18.7 Å². The van der Waals surface area contributed by atoms with Crippen molar-refractivity contribution >= 4 is 76.6 Å². The highest BCUT2D eigenvalue weighted by Gasteiger charge is 2.24. The van der Waals surface area contributed by atoms with Crippen molar-refractivity contribution in [2.24, 2.45) is 6.98 Å². The number of pyridine rings is 1. The number of imidazole rings is 1. The van der Waals surface area contributed by atoms with Crippen molar-refractivity contribution in [1.29, 1.82) is 0 Å². The van der Waals surface area contributed by atoms with E-state index in [1.807, 2.05) is 102 Å². The van der Waals surface area contributed by atoms with Crippen molar-refractivity contribution in [2.75, 3.05) is 0 Å². The summed E-state index contributed by atoms with van der Waals surface area (Å²) in [6, 6.07) is 71.7. The largest absolute Gasteiger partial charge is 0.458 e. The van der Waals surface area contributed by atoms with Gasteiger partial charge in [0.05, 0.1) is 66.9 Å². The number of benzene rings is 9. The van der Waals surface area contributed by atoms with Crippen molar-refractivity contribution in [3.05, 3.63) is 225 Å². The van der Waals surface area contributed by atoms with Crippen LogP contribution in [0.15, 0.2) is 223 Å². The molecule has 0 N–H and O–H groups in total. The van der Waals surface area contributed by atoms with Crippen LogP contribution in [0.2, 0.25) is 0 Å². The zero-order valence-electron chi connectivity index (χ0n) is 39.3. The van der Waals surface area contributed by atoms with E-state index >= 15 is 0 Å². The molecule has 9 aromatic carbocycles. The van der Waals surface area contributed by atoms with Crippen molar-refractivity contribution in [2.45, 2.75) is 0 Å². The molecule has 0 spiro atoms. The first-order valence-corrected chi connectivity index (χ1v) is 22.6. The van der Waals surface area contributed by atoms with Crippen LogP contribution in [-0.2, 0) is 6.98 Å². The lowest BCUT2D eigenvalue weighted by Gasteiger charge is -2.21. The summed E-state index contributed by atoms with van der Waals surface area (Å²) in [5, 5.41) is 6.38. The quantitative estimate of drug-likeness (QED) is 0.118. The van der Waals surface area contributed by atoms with Crippen LogP contribution in [0.5, 0.6) is 11.5 Å². The van der Waals surface area contributed by atoms with E-state index in [0.717, 1.165) is 99.3 Å². The van der Waals surface area contributed by atoms with Crippen LogP contribution in [0.3, 0.4) is 0 Å². The first kappa shape index (κ1) is 35.1. The SMILES string of the molecule is [2H]C([2H])([2H])[n+]1[c-]n(-c2cccc(Oc3cc(-c4ccccn4)c4oc5ccccc5c4c3)c2)c2cccc(-c3c(-n4c5ccccc5c5ccccc54)cccc3-n3c4ccccc4c4ccccc43)c21. The average molecular weight is 877 g/mol. The number of para-hydroxylation sites is 6. The number of rotatable bonds is 7. The van der Waals surface area contributed by atoms with E-state index in [1.165, 1.54) is 4.57 Å². The zero-order chi connectivity index (χ0) is 47.4. The molecule has 0 aliphatic heterocycles. The number of furan rings is 1. The third-order valence-corrected chi connectivity index (χ3v) is 13.3. The van der Waals surface area contributed by atoms with Gasteiger partial charge in [-0.05, 0) is 84.4 Å². The Kier molecular flexibility index (Phi) is 7.70. The third-order valence-electron chi connectivity index (χ3n) is 13.3. The molecular formula is C61H39N5O2. The number of aryl methyl sites for hydroxylation is 1. The van der Waals surface area contributed by atoms with E-state index in [9.17, 15) is 0 Å². The average Bonchev–Trinajstić information content (AvgIpc) is 4.18. The van der Waals surface area contributed by atoms with E-state index in [1.54, 1.807) is 6.20 Å². The lowest BCUT2D eigenvalue weighted by molar-refractivity contribution is -0.649. The summed E-state index contributed by atoms with van der Waals surface area (Å²) in [5.41, 5.74) is 12.5. The highest BCUT2D eigenvalue weighted by Crippen LogP contribution is 2.44. The third kappa shape index (κ3) is 5.72. The van der Waals surface area contributed by atoms with Crippen LogP contribution in [0, 0.1) is 6.33 Å². The maximum Gasteiger partial charge on any atom is 0.244 e. The summed E-state index contributed by atoms with van der Waals surface area (Å²) in [7, 11) is 0. The van der Waals surface area contributed by atoms with Crippen molar-refractivity contribution in [3.8, 4) is 50.9 Å². The Morgan fingerprint density at radius 3 is 1.71 bits per heavy atom. The van der Waals surface area contributed by atoms with Gasteiger partial charge in [-0.3, -0.25) is 4.98 Å². The summed E-state index contributed by atoms with van der Waals surface area (Å²) in [4.78, 5) is 4.67. The molecule has 0 saturated heterocycles. The first-order chi connectivity index (χ1) is 34.9. The molecule has 5 aromatic heterocycles. The lowest BCUT2D eigenvalue weighted by atomic mass is 9.98. The standard InChI is InChI=1S/C61H39N5O2/c1-63-38-64(39-17-14-18-40(35-39)67-41-36-48-46-23-6-11-33-58(46)68-61(48)49(37-41)50-25-12-13-34-62-50)57-32-15-24-47(60(57)63)59-55(65-51-26-7-2-19-42(51)43-20-3-8-27-52(43)65)30-16-31-56(59)66-53-28-9-4-21-44(53)45-22-5-10-29-54(45)66/h2-37H,1H3/i1D3. The van der Waals surface area contributed by atoms with Gasteiger partial charge in [0.2, 0.25) is 6.33 Å². The maximum absolute atomic E-state index is 9.10. The first-order valence-electron chi connectivity index (χ1n) is 24.1. The van der Waals surface area contributed by atoms with Crippen LogP contribution >= 0.6 is 0 Å². The molecular weight excluding hydrogens is 835 g/mol. The van der Waals surface area contributed by atoms with Gasteiger partial charge in [-0.1, -0.05) is 133 Å². The number of fused-ring (bicyclic) bond motifs is 10. The number of aromatic nitrogens is 5. The molecule has 0 saturated carbocycles. The fourth-order valence-corrected chi connectivity index (χ4v) is 10.5. The Balaban J connectivity index is 1.00. The van der Waals surface area contributed by atoms with Crippen molar-refractivity contribution in [3.63, 3.8) is 0 Å². The molecule has 7 heteroatoms. The van der Waals surface area contributed by atoms with Crippen molar-refractivity contribution < 1.29 is 17.8 Å². The van der Waals surface area contributed by atoms with E-state index in [0.29, 0.717) is 28.2 Å². The molecule has 68 heavy (non-hydrogen) atoms. The monoisotopic (exact) mass is 876 g/mol. The normalized spacial score (nSPS) is 12.7. The van der Waals surface area contributed by atoms with Gasteiger partial charge in [0.1, 0.15) is 22.7 Å². The summed E-state index contributed by atoms with van der Waals surface area (Å²) in [6.07, 6.45) is 5.09. The van der Waals surface area contributed by atoms with Gasteiger partial charge < -0.3 is 27.4 Å². The fourth-order valence-electron chi connectivity index (χ4n) is 10.5. The van der Waals surface area contributed by atoms with Gasteiger partial charge in [0, 0.05) is 49.6 Å². The summed E-state index contributed by atoms with van der Waals surface area (Å²) >= 11 is 0. The molecule has 0 aliphatic carbocycles. The second-order valence-corrected chi connectivity index (χ2v) is 17.1. The Morgan fingerprint density at radius 2 is 1.07 bits per heavy atom. The highest BCUT2D eigenvalue weighted by molar-refractivity contribution is 6.13. The van der Waals surface area contributed by atoms with Crippen LogP contribution in [0.1, 0.15) is 4.11 Å². The van der Waals surface area contributed by atoms with Gasteiger partial charge in [0.25, 0.3) is 0 Å². The lowest BCUT2D eigenvalue weighted by Crippen LogP contribution is -2.27. The van der Waals surface area contributed by atoms with Gasteiger partial charge in [0.15, 0.2) is 0 Å². The molecule has 0 unspecified atom stereocenters. The Labute approximate surface area is 394 Å². The molecule has 7 nitrogen and oxygen atoms in total. The van der Waals surface area contributed by atoms with Gasteiger partial charge in [-0.2, -0.15) is 0 Å². The topological polar surface area (TPSA) is 53.9 Å². The highest BCUT2D eigenvalue weighted by atomic mass is 16.5. The van der Waals surface area contributed by atoms with Gasteiger partial charge in [-0.15, -0.1) is 0 Å². The Bertz CT molecular complexity index is 4210. The fraction of sp³-hybridized carbons (Fsp3) is 0.0164. The minimum atomic E-state index is -2.62. The van der Waals surface area contributed by atoms with Crippen LogP contribution in [0.4, 0.5) is 0 Å². The molecule has 0 fully saturated rings. The van der Waals surface area contributed by atoms with Gasteiger partial charge in [-0.25, -0.2) is 0 Å². The minimum absolute atomic E-state index is 0.506. The van der Waals surface area contributed by atoms with E-state index < -0.39 is 6.98 Å². The summed E-state index contributed by atoms with van der Waals surface area (Å²) in [5.74, 6) is 1.15. The molecule has 0 amide bonds. The van der Waals surface area contributed by atoms with Crippen LogP contribution < -0.4 is 9.30 Å². The smallest absolute Gasteiger partial charge is 0.244 e. The molecule has 320 valence electrons. The van der Waals surface area contributed by atoms with E-state index in [2.05, 4.69) is 136 Å². The summed E-state index contributed by atoms with van der Waals surface area (Å²) < 4.78 is 48.2. The molecule has 0 radical (unpaired) electrons. The number of hydrogen-bond donors (Lipinski definition) is 0. The number of nitrogens with zero attached hydrogens (tertiary/aromatic N) is 5. The molecule has 5 heterocycles. The predicted molar refractivity (Wildman–Crippen MR) is 274 cm³/mol. The molecule has 0 bridgehead atoms. The van der Waals surface area contributed by atoms with E-state index in [-0.39, 0.29) is 0 Å².